The minimum atomic E-state index is 0.262. The summed E-state index contributed by atoms with van der Waals surface area (Å²) in [4.78, 5) is 1.22. The number of aryl methyl sites for hydroxylation is 1. The maximum atomic E-state index is 5.56. The lowest BCUT2D eigenvalue weighted by molar-refractivity contribution is 0.490. The van der Waals surface area contributed by atoms with Gasteiger partial charge in [0, 0.05) is 0 Å². The van der Waals surface area contributed by atoms with Crippen LogP contribution in [0.4, 0.5) is 0 Å². The van der Waals surface area contributed by atoms with Gasteiger partial charge in [0.2, 0.25) is 0 Å². The Morgan fingerprint density at radius 3 is 3.00 bits per heavy atom. The highest BCUT2D eigenvalue weighted by Gasteiger charge is 2.27. The van der Waals surface area contributed by atoms with E-state index in [9.17, 15) is 0 Å². The van der Waals surface area contributed by atoms with Crippen LogP contribution in [0.25, 0.3) is 0 Å². The molecule has 14 heavy (non-hydrogen) atoms. The van der Waals surface area contributed by atoms with Crippen LogP contribution >= 0.6 is 11.5 Å². The second-order valence-electron chi connectivity index (χ2n) is 3.84. The van der Waals surface area contributed by atoms with Crippen LogP contribution in [-0.4, -0.2) is 9.59 Å². The van der Waals surface area contributed by atoms with Crippen molar-refractivity contribution in [2.75, 3.05) is 0 Å². The molecule has 2 rings (SSSR count). The van der Waals surface area contributed by atoms with E-state index in [0.29, 0.717) is 0 Å². The fourth-order valence-electron chi connectivity index (χ4n) is 1.66. The lowest BCUT2D eigenvalue weighted by Gasteiger charge is -2.13. The van der Waals surface area contributed by atoms with Gasteiger partial charge in [-0.2, -0.15) is 0 Å². The molecule has 1 aliphatic rings. The van der Waals surface area contributed by atoms with E-state index in [2.05, 4.69) is 21.9 Å². The molecule has 0 amide bonds. The zero-order valence-corrected chi connectivity index (χ0v) is 9.18. The molecular formula is C9H16N4S. The van der Waals surface area contributed by atoms with Gasteiger partial charge in [0.1, 0.15) is 0 Å². The molecule has 0 bridgehead atoms. The molecule has 1 heterocycles. The van der Waals surface area contributed by atoms with E-state index < -0.39 is 0 Å². The van der Waals surface area contributed by atoms with Crippen molar-refractivity contribution in [1.29, 1.82) is 0 Å². The summed E-state index contributed by atoms with van der Waals surface area (Å²) in [5.41, 5.74) is 3.98. The van der Waals surface area contributed by atoms with Crippen LogP contribution in [0.15, 0.2) is 0 Å². The van der Waals surface area contributed by atoms with Crippen molar-refractivity contribution in [3.63, 3.8) is 0 Å². The topological polar surface area (TPSA) is 63.8 Å². The molecule has 78 valence electrons. The average molecular weight is 212 g/mol. The van der Waals surface area contributed by atoms with Gasteiger partial charge < -0.3 is 0 Å². The Hall–Kier alpha value is -0.520. The van der Waals surface area contributed by atoms with Crippen molar-refractivity contribution < 1.29 is 0 Å². The van der Waals surface area contributed by atoms with E-state index in [1.165, 1.54) is 29.3 Å². The first-order valence-electron chi connectivity index (χ1n) is 5.12. The maximum Gasteiger partial charge on any atom is 0.0801 e. The standard InChI is InChI=1S/C9H16N4S/c1-2-7-9(14-13-12-7)8(11-10)5-6-3-4-6/h6,8,11H,2-5,10H2,1H3. The third kappa shape index (κ3) is 2.10. The van der Waals surface area contributed by atoms with Gasteiger partial charge in [-0.3, -0.25) is 11.3 Å². The SMILES string of the molecule is CCc1nnsc1C(CC1CC1)NN. The first-order chi connectivity index (χ1) is 6.85. The molecule has 4 nitrogen and oxygen atoms in total. The van der Waals surface area contributed by atoms with Gasteiger partial charge in [-0.15, -0.1) is 5.10 Å². The highest BCUT2D eigenvalue weighted by atomic mass is 32.1. The summed E-state index contributed by atoms with van der Waals surface area (Å²) in [7, 11) is 0. The largest absolute Gasteiger partial charge is 0.271 e. The van der Waals surface area contributed by atoms with Crippen molar-refractivity contribution in [3.05, 3.63) is 10.6 Å². The minimum absolute atomic E-state index is 0.262. The van der Waals surface area contributed by atoms with Gasteiger partial charge >= 0.3 is 0 Å². The summed E-state index contributed by atoms with van der Waals surface area (Å²) >= 11 is 1.47. The Kier molecular flexibility index (Phi) is 3.10. The van der Waals surface area contributed by atoms with E-state index in [1.54, 1.807) is 0 Å². The fraction of sp³-hybridized carbons (Fsp3) is 0.778. The molecule has 1 unspecified atom stereocenters. The monoisotopic (exact) mass is 212 g/mol. The van der Waals surface area contributed by atoms with E-state index in [1.807, 2.05) is 0 Å². The highest BCUT2D eigenvalue weighted by Crippen LogP contribution is 2.38. The molecule has 0 aromatic carbocycles. The molecule has 1 saturated carbocycles. The maximum absolute atomic E-state index is 5.56. The zero-order valence-electron chi connectivity index (χ0n) is 8.36. The molecule has 1 aromatic rings. The molecule has 3 N–H and O–H groups in total. The van der Waals surface area contributed by atoms with Crippen molar-refractivity contribution >= 4 is 11.5 Å². The predicted octanol–water partition coefficient (Wildman–Crippen LogP) is 1.41. The summed E-state index contributed by atoms with van der Waals surface area (Å²) < 4.78 is 3.99. The normalized spacial score (nSPS) is 18.4. The van der Waals surface area contributed by atoms with E-state index in [-0.39, 0.29) is 6.04 Å². The molecule has 0 spiro atoms. The van der Waals surface area contributed by atoms with Crippen LogP contribution in [0, 0.1) is 5.92 Å². The number of aromatic nitrogens is 2. The van der Waals surface area contributed by atoms with Crippen LogP contribution in [-0.2, 0) is 6.42 Å². The number of hydrazine groups is 1. The molecule has 1 aromatic heterocycles. The molecular weight excluding hydrogens is 196 g/mol. The fourth-order valence-corrected chi connectivity index (χ4v) is 2.47. The van der Waals surface area contributed by atoms with E-state index >= 15 is 0 Å². The molecule has 1 fully saturated rings. The van der Waals surface area contributed by atoms with Crippen LogP contribution in [0.5, 0.6) is 0 Å². The lowest BCUT2D eigenvalue weighted by atomic mass is 10.1. The van der Waals surface area contributed by atoms with Crippen LogP contribution < -0.4 is 11.3 Å². The lowest BCUT2D eigenvalue weighted by Crippen LogP contribution is -2.28. The number of rotatable bonds is 5. The van der Waals surface area contributed by atoms with Crippen LogP contribution in [0.3, 0.4) is 0 Å². The number of nitrogens with two attached hydrogens (primary N) is 1. The molecule has 5 heteroatoms. The average Bonchev–Trinajstić information content (AvgIpc) is 2.90. The first kappa shape index (κ1) is 10.0. The zero-order chi connectivity index (χ0) is 9.97. The third-order valence-corrected chi connectivity index (χ3v) is 3.58. The summed E-state index contributed by atoms with van der Waals surface area (Å²) in [6.07, 6.45) is 4.78. The van der Waals surface area contributed by atoms with Crippen LogP contribution in [0.2, 0.25) is 0 Å². The van der Waals surface area contributed by atoms with Gasteiger partial charge in [-0.25, -0.2) is 0 Å². The molecule has 1 atom stereocenters. The van der Waals surface area contributed by atoms with Crippen molar-refractivity contribution in [2.24, 2.45) is 11.8 Å². The van der Waals surface area contributed by atoms with Crippen molar-refractivity contribution in [3.8, 4) is 0 Å². The quantitative estimate of drug-likeness (QED) is 0.572. The highest BCUT2D eigenvalue weighted by molar-refractivity contribution is 7.05. The summed E-state index contributed by atoms with van der Waals surface area (Å²) in [6.45, 7) is 2.10. The van der Waals surface area contributed by atoms with Gasteiger partial charge in [0.25, 0.3) is 0 Å². The van der Waals surface area contributed by atoms with Gasteiger partial charge in [0.15, 0.2) is 0 Å². The van der Waals surface area contributed by atoms with E-state index in [0.717, 1.165) is 24.5 Å². The third-order valence-electron chi connectivity index (χ3n) is 2.70. The second kappa shape index (κ2) is 4.33. The summed E-state index contributed by atoms with van der Waals surface area (Å²) in [5.74, 6) is 6.43. The van der Waals surface area contributed by atoms with Gasteiger partial charge in [-0.1, -0.05) is 24.3 Å². The Bertz CT molecular complexity index is 295. The van der Waals surface area contributed by atoms with Gasteiger partial charge in [0.05, 0.1) is 16.6 Å². The van der Waals surface area contributed by atoms with E-state index in [4.69, 9.17) is 5.84 Å². The number of nitrogens with zero attached hydrogens (tertiary/aromatic N) is 2. The number of hydrogen-bond acceptors (Lipinski definition) is 5. The Morgan fingerprint density at radius 1 is 1.64 bits per heavy atom. The Morgan fingerprint density at radius 2 is 2.43 bits per heavy atom. The van der Waals surface area contributed by atoms with Gasteiger partial charge in [-0.05, 0) is 30.3 Å². The summed E-state index contributed by atoms with van der Waals surface area (Å²) in [5, 5.41) is 4.10. The first-order valence-corrected chi connectivity index (χ1v) is 5.89. The number of hydrogen-bond donors (Lipinski definition) is 2. The molecule has 0 radical (unpaired) electrons. The Balaban J connectivity index is 2.08. The number of nitrogens with one attached hydrogen (secondary N) is 1. The Labute approximate surface area is 88.0 Å². The van der Waals surface area contributed by atoms with Crippen molar-refractivity contribution in [2.45, 2.75) is 38.6 Å². The molecule has 0 saturated heterocycles. The predicted molar refractivity (Wildman–Crippen MR) is 56.7 cm³/mol. The smallest absolute Gasteiger partial charge is 0.0801 e. The molecule has 1 aliphatic carbocycles. The van der Waals surface area contributed by atoms with Crippen LogP contribution in [0.1, 0.15) is 42.8 Å². The molecule has 0 aliphatic heterocycles. The summed E-state index contributed by atoms with van der Waals surface area (Å²) in [6, 6.07) is 0.262. The van der Waals surface area contributed by atoms with Crippen molar-refractivity contribution in [1.82, 2.24) is 15.0 Å². The second-order valence-corrected chi connectivity index (χ2v) is 4.62. The minimum Gasteiger partial charge on any atom is -0.271 e.